The second kappa shape index (κ2) is 5.76. The molecule has 100 valence electrons. The van der Waals surface area contributed by atoms with E-state index in [9.17, 15) is 5.11 Å². The smallest absolute Gasteiger partial charge is 0.133 e. The third-order valence-corrected chi connectivity index (χ3v) is 3.53. The van der Waals surface area contributed by atoms with Gasteiger partial charge in [-0.1, -0.05) is 11.6 Å². The fourth-order valence-electron chi connectivity index (χ4n) is 2.59. The van der Waals surface area contributed by atoms with Crippen LogP contribution in [0.5, 0.6) is 0 Å². The highest BCUT2D eigenvalue weighted by molar-refractivity contribution is 6.29. The molecule has 0 aliphatic carbocycles. The van der Waals surface area contributed by atoms with Crippen molar-refractivity contribution in [1.82, 2.24) is 4.98 Å². The zero-order valence-electron chi connectivity index (χ0n) is 10.6. The first-order chi connectivity index (χ1) is 8.56. The maximum Gasteiger partial charge on any atom is 0.133 e. The van der Waals surface area contributed by atoms with Gasteiger partial charge >= 0.3 is 0 Å². The van der Waals surface area contributed by atoms with Crippen molar-refractivity contribution in [3.05, 3.63) is 17.3 Å². The number of aliphatic hydroxyl groups excluding tert-OH is 1. The predicted molar refractivity (Wildman–Crippen MR) is 74.9 cm³/mol. The number of aromatic nitrogens is 1. The van der Waals surface area contributed by atoms with Crippen LogP contribution in [0.2, 0.25) is 5.15 Å². The molecule has 18 heavy (non-hydrogen) atoms. The molecule has 2 unspecified atom stereocenters. The topological polar surface area (TPSA) is 62.4 Å². The first kappa shape index (κ1) is 13.4. The van der Waals surface area contributed by atoms with Gasteiger partial charge in [-0.25, -0.2) is 4.98 Å². The molecule has 0 radical (unpaired) electrons. The van der Waals surface area contributed by atoms with Crippen LogP contribution in [0.1, 0.15) is 32.6 Å². The van der Waals surface area contributed by atoms with Crippen molar-refractivity contribution in [2.75, 3.05) is 17.2 Å². The van der Waals surface area contributed by atoms with Crippen molar-refractivity contribution >= 4 is 23.1 Å². The highest BCUT2D eigenvalue weighted by Crippen LogP contribution is 2.28. The molecular weight excluding hydrogens is 250 g/mol. The third-order valence-electron chi connectivity index (χ3n) is 3.34. The van der Waals surface area contributed by atoms with E-state index in [-0.39, 0.29) is 6.10 Å². The minimum Gasteiger partial charge on any atom is -0.399 e. The molecule has 1 aliphatic heterocycles. The monoisotopic (exact) mass is 269 g/mol. The molecule has 1 aromatic rings. The molecule has 3 N–H and O–H groups in total. The Kier molecular flexibility index (Phi) is 4.30. The van der Waals surface area contributed by atoms with Crippen LogP contribution in [-0.2, 0) is 0 Å². The highest BCUT2D eigenvalue weighted by Gasteiger charge is 2.25. The molecule has 0 spiro atoms. The Balaban J connectivity index is 2.21. The number of pyridine rings is 1. The van der Waals surface area contributed by atoms with Crippen LogP contribution in [0, 0.1) is 0 Å². The summed E-state index contributed by atoms with van der Waals surface area (Å²) < 4.78 is 0. The van der Waals surface area contributed by atoms with E-state index in [1.54, 1.807) is 6.07 Å². The summed E-state index contributed by atoms with van der Waals surface area (Å²) in [6.45, 7) is 2.77. The fraction of sp³-hybridized carbons (Fsp3) is 0.615. The van der Waals surface area contributed by atoms with Gasteiger partial charge in [0.25, 0.3) is 0 Å². The summed E-state index contributed by atoms with van der Waals surface area (Å²) in [4.78, 5) is 6.57. The lowest BCUT2D eigenvalue weighted by Crippen LogP contribution is -2.41. The van der Waals surface area contributed by atoms with E-state index >= 15 is 0 Å². The van der Waals surface area contributed by atoms with Crippen molar-refractivity contribution in [3.63, 3.8) is 0 Å². The SMILES string of the molecule is CC(O)CC1CCCCN1c1cc(N)cc(Cl)n1. The Hall–Kier alpha value is -1.00. The number of piperidine rings is 1. The van der Waals surface area contributed by atoms with Crippen molar-refractivity contribution in [2.45, 2.75) is 44.8 Å². The second-order valence-corrected chi connectivity index (χ2v) is 5.40. The van der Waals surface area contributed by atoms with Gasteiger partial charge in [-0.2, -0.15) is 0 Å². The predicted octanol–water partition coefficient (Wildman–Crippen LogP) is 2.45. The van der Waals surface area contributed by atoms with Crippen molar-refractivity contribution in [1.29, 1.82) is 0 Å². The first-order valence-electron chi connectivity index (χ1n) is 6.44. The first-order valence-corrected chi connectivity index (χ1v) is 6.82. The van der Waals surface area contributed by atoms with E-state index < -0.39 is 0 Å². The molecule has 1 fully saturated rings. The van der Waals surface area contributed by atoms with Gasteiger partial charge in [-0.15, -0.1) is 0 Å². The number of anilines is 2. The van der Waals surface area contributed by atoms with Crippen molar-refractivity contribution in [2.24, 2.45) is 0 Å². The number of nitrogen functional groups attached to an aromatic ring is 1. The lowest BCUT2D eigenvalue weighted by molar-refractivity contribution is 0.167. The zero-order chi connectivity index (χ0) is 13.1. The molecule has 2 rings (SSSR count). The number of nitrogens with zero attached hydrogens (tertiary/aromatic N) is 2. The van der Waals surface area contributed by atoms with Crippen molar-refractivity contribution < 1.29 is 5.11 Å². The Morgan fingerprint density at radius 1 is 1.56 bits per heavy atom. The summed E-state index contributed by atoms with van der Waals surface area (Å²) in [5.41, 5.74) is 6.44. The highest BCUT2D eigenvalue weighted by atomic mass is 35.5. The van der Waals surface area contributed by atoms with Gasteiger partial charge in [0.1, 0.15) is 11.0 Å². The molecule has 1 aliphatic rings. The van der Waals surface area contributed by atoms with Crippen LogP contribution in [0.25, 0.3) is 0 Å². The molecule has 0 saturated carbocycles. The normalized spacial score (nSPS) is 21.9. The van der Waals surface area contributed by atoms with E-state index in [1.807, 2.05) is 13.0 Å². The van der Waals surface area contributed by atoms with E-state index in [2.05, 4.69) is 9.88 Å². The van der Waals surface area contributed by atoms with E-state index in [1.165, 1.54) is 6.42 Å². The summed E-state index contributed by atoms with van der Waals surface area (Å²) in [6.07, 6.45) is 3.88. The molecule has 1 saturated heterocycles. The molecular formula is C13H20ClN3O. The number of hydrogen-bond acceptors (Lipinski definition) is 4. The minimum absolute atomic E-state index is 0.299. The van der Waals surface area contributed by atoms with E-state index in [4.69, 9.17) is 17.3 Å². The summed E-state index contributed by atoms with van der Waals surface area (Å²) >= 11 is 5.96. The van der Waals surface area contributed by atoms with E-state index in [0.29, 0.717) is 16.9 Å². The van der Waals surface area contributed by atoms with Crippen LogP contribution in [0.3, 0.4) is 0 Å². The maximum atomic E-state index is 9.58. The summed E-state index contributed by atoms with van der Waals surface area (Å²) in [6, 6.07) is 3.83. The van der Waals surface area contributed by atoms with E-state index in [0.717, 1.165) is 31.6 Å². The zero-order valence-corrected chi connectivity index (χ0v) is 11.4. The van der Waals surface area contributed by atoms with Gasteiger partial charge in [-0.05, 0) is 38.7 Å². The fourth-order valence-corrected chi connectivity index (χ4v) is 2.80. The molecule has 5 heteroatoms. The summed E-state index contributed by atoms with van der Waals surface area (Å²) in [5.74, 6) is 0.824. The summed E-state index contributed by atoms with van der Waals surface area (Å²) in [7, 11) is 0. The summed E-state index contributed by atoms with van der Waals surface area (Å²) in [5, 5.41) is 10.0. The van der Waals surface area contributed by atoms with Gasteiger partial charge in [-0.3, -0.25) is 0 Å². The van der Waals surface area contributed by atoms with Crippen LogP contribution < -0.4 is 10.6 Å². The van der Waals surface area contributed by atoms with Crippen LogP contribution in [0.4, 0.5) is 11.5 Å². The number of halogens is 1. The van der Waals surface area contributed by atoms with Gasteiger partial charge < -0.3 is 15.7 Å². The van der Waals surface area contributed by atoms with Crippen LogP contribution in [-0.4, -0.2) is 28.8 Å². The molecule has 0 amide bonds. The average Bonchev–Trinajstić information content (AvgIpc) is 2.27. The molecule has 4 nitrogen and oxygen atoms in total. The minimum atomic E-state index is -0.299. The molecule has 0 aromatic carbocycles. The number of aliphatic hydroxyl groups is 1. The quantitative estimate of drug-likeness (QED) is 0.828. The third kappa shape index (κ3) is 3.27. The number of hydrogen-bond donors (Lipinski definition) is 2. The molecule has 2 heterocycles. The van der Waals surface area contributed by atoms with Crippen LogP contribution >= 0.6 is 11.6 Å². The van der Waals surface area contributed by atoms with Gasteiger partial charge in [0.15, 0.2) is 0 Å². The lowest BCUT2D eigenvalue weighted by Gasteiger charge is -2.37. The second-order valence-electron chi connectivity index (χ2n) is 5.01. The van der Waals surface area contributed by atoms with Crippen molar-refractivity contribution in [3.8, 4) is 0 Å². The largest absolute Gasteiger partial charge is 0.399 e. The lowest BCUT2D eigenvalue weighted by atomic mass is 9.97. The van der Waals surface area contributed by atoms with Gasteiger partial charge in [0, 0.05) is 24.3 Å². The Bertz CT molecular complexity index is 391. The standard InChI is InChI=1S/C13H20ClN3O/c1-9(18)6-11-4-2-3-5-17(11)13-8-10(15)7-12(14)16-13/h7-9,11,18H,2-6H2,1H3,(H2,15,16). The Morgan fingerprint density at radius 2 is 2.33 bits per heavy atom. The number of rotatable bonds is 3. The van der Waals surface area contributed by atoms with Gasteiger partial charge in [0.2, 0.25) is 0 Å². The maximum absolute atomic E-state index is 9.58. The molecule has 1 aromatic heterocycles. The Morgan fingerprint density at radius 3 is 3.00 bits per heavy atom. The average molecular weight is 270 g/mol. The molecule has 2 atom stereocenters. The van der Waals surface area contributed by atoms with Gasteiger partial charge in [0.05, 0.1) is 6.10 Å². The Labute approximate surface area is 113 Å². The number of nitrogens with two attached hydrogens (primary N) is 1. The molecule has 0 bridgehead atoms. The van der Waals surface area contributed by atoms with Crippen LogP contribution in [0.15, 0.2) is 12.1 Å².